The monoisotopic (exact) mass is 476 g/mol. The summed E-state index contributed by atoms with van der Waals surface area (Å²) in [6, 6.07) is 14.1. The molecule has 0 radical (unpaired) electrons. The summed E-state index contributed by atoms with van der Waals surface area (Å²) in [5.74, 6) is -4.20. The number of fused-ring (bicyclic) bond motifs is 3. The largest absolute Gasteiger partial charge is 0.573 e. The molecule has 0 N–H and O–H groups in total. The molecular formula is C28H29F5O. The van der Waals surface area contributed by atoms with E-state index in [2.05, 4.69) is 17.7 Å². The summed E-state index contributed by atoms with van der Waals surface area (Å²) in [6.07, 6.45) is 3.08. The van der Waals surface area contributed by atoms with Crippen molar-refractivity contribution in [2.45, 2.75) is 70.6 Å². The number of hydrogen-bond acceptors (Lipinski definition) is 1. The second kappa shape index (κ2) is 10.3. The van der Waals surface area contributed by atoms with Crippen molar-refractivity contribution in [2.24, 2.45) is 5.92 Å². The van der Waals surface area contributed by atoms with Gasteiger partial charge in [-0.2, -0.15) is 0 Å². The van der Waals surface area contributed by atoms with E-state index in [1.165, 1.54) is 6.42 Å². The Bertz CT molecular complexity index is 1110. The Balaban J connectivity index is 1.73. The van der Waals surface area contributed by atoms with E-state index >= 15 is 0 Å². The lowest BCUT2D eigenvalue weighted by Crippen LogP contribution is -2.23. The molecule has 0 bridgehead atoms. The van der Waals surface area contributed by atoms with Crippen molar-refractivity contribution < 1.29 is 26.7 Å². The van der Waals surface area contributed by atoms with Gasteiger partial charge in [0, 0.05) is 5.92 Å². The van der Waals surface area contributed by atoms with E-state index in [0.717, 1.165) is 79.0 Å². The first kappa shape index (κ1) is 24.5. The molecule has 0 aliphatic heterocycles. The minimum Gasteiger partial charge on any atom is -0.399 e. The van der Waals surface area contributed by atoms with Gasteiger partial charge in [0.2, 0.25) is 5.75 Å². The molecule has 1 aliphatic rings. The topological polar surface area (TPSA) is 9.23 Å². The Morgan fingerprint density at radius 1 is 0.912 bits per heavy atom. The maximum absolute atomic E-state index is 14.7. The van der Waals surface area contributed by atoms with Crippen LogP contribution in [0, 0.1) is 17.6 Å². The lowest BCUT2D eigenvalue weighted by molar-refractivity contribution is -0.276. The Labute approximate surface area is 196 Å². The number of alkyl halides is 3. The molecule has 1 nitrogen and oxygen atoms in total. The van der Waals surface area contributed by atoms with Crippen LogP contribution in [0.25, 0.3) is 10.8 Å². The second-order valence-corrected chi connectivity index (χ2v) is 9.20. The molecule has 182 valence electrons. The Morgan fingerprint density at radius 2 is 1.62 bits per heavy atom. The molecule has 1 aliphatic carbocycles. The van der Waals surface area contributed by atoms with Crippen LogP contribution in [0.2, 0.25) is 0 Å². The zero-order valence-electron chi connectivity index (χ0n) is 19.2. The third-order valence-corrected chi connectivity index (χ3v) is 6.92. The smallest absolute Gasteiger partial charge is 0.399 e. The van der Waals surface area contributed by atoms with Gasteiger partial charge in [0.25, 0.3) is 0 Å². The molecule has 0 saturated carbocycles. The Hall–Kier alpha value is -2.63. The number of aryl methyl sites for hydroxylation is 1. The fourth-order valence-electron chi connectivity index (χ4n) is 5.42. The SMILES string of the molecule is CCCCCCC[C@@H]1CCc2c(ccc3ccccc23)[C@H]1c1cc(F)c(OC(F)(F)F)c(F)c1. The number of ether oxygens (including phenoxy) is 1. The van der Waals surface area contributed by atoms with Crippen LogP contribution in [0.3, 0.4) is 0 Å². The van der Waals surface area contributed by atoms with Crippen molar-refractivity contribution in [1.82, 2.24) is 0 Å². The number of rotatable bonds is 8. The van der Waals surface area contributed by atoms with Gasteiger partial charge in [0.1, 0.15) is 0 Å². The predicted octanol–water partition coefficient (Wildman–Crippen LogP) is 9.07. The Kier molecular flexibility index (Phi) is 7.44. The molecule has 6 heteroatoms. The number of halogens is 5. The molecular weight excluding hydrogens is 447 g/mol. The van der Waals surface area contributed by atoms with Crippen molar-refractivity contribution in [1.29, 1.82) is 0 Å². The van der Waals surface area contributed by atoms with Crippen LogP contribution in [-0.4, -0.2) is 6.36 Å². The van der Waals surface area contributed by atoms with Crippen molar-refractivity contribution in [3.05, 3.63) is 76.9 Å². The highest BCUT2D eigenvalue weighted by molar-refractivity contribution is 5.87. The van der Waals surface area contributed by atoms with Crippen LogP contribution in [0.15, 0.2) is 48.5 Å². The minimum atomic E-state index is -5.17. The van der Waals surface area contributed by atoms with E-state index in [-0.39, 0.29) is 11.8 Å². The summed E-state index contributed by atoms with van der Waals surface area (Å²) >= 11 is 0. The lowest BCUT2D eigenvalue weighted by Gasteiger charge is -2.35. The van der Waals surface area contributed by atoms with Crippen molar-refractivity contribution in [3.63, 3.8) is 0 Å². The highest BCUT2D eigenvalue weighted by Gasteiger charge is 2.36. The molecule has 3 aromatic carbocycles. The average molecular weight is 477 g/mol. The van der Waals surface area contributed by atoms with Crippen LogP contribution in [0.5, 0.6) is 5.75 Å². The normalized spacial score (nSPS) is 18.2. The summed E-state index contributed by atoms with van der Waals surface area (Å²) in [5, 5.41) is 2.22. The third-order valence-electron chi connectivity index (χ3n) is 6.92. The van der Waals surface area contributed by atoms with Gasteiger partial charge in [0.15, 0.2) is 11.6 Å². The third kappa shape index (κ3) is 5.37. The number of benzene rings is 3. The summed E-state index contributed by atoms with van der Waals surface area (Å²) < 4.78 is 70.9. The molecule has 0 fully saturated rings. The van der Waals surface area contributed by atoms with Crippen molar-refractivity contribution >= 4 is 10.8 Å². The van der Waals surface area contributed by atoms with Gasteiger partial charge in [-0.1, -0.05) is 75.4 Å². The molecule has 0 spiro atoms. The van der Waals surface area contributed by atoms with Crippen LogP contribution < -0.4 is 4.74 Å². The molecule has 2 atom stereocenters. The fourth-order valence-corrected chi connectivity index (χ4v) is 5.42. The van der Waals surface area contributed by atoms with Gasteiger partial charge in [-0.3, -0.25) is 0 Å². The maximum Gasteiger partial charge on any atom is 0.573 e. The van der Waals surface area contributed by atoms with E-state index in [0.29, 0.717) is 5.56 Å². The number of unbranched alkanes of at least 4 members (excludes halogenated alkanes) is 4. The van der Waals surface area contributed by atoms with E-state index in [1.54, 1.807) is 0 Å². The molecule has 0 unspecified atom stereocenters. The van der Waals surface area contributed by atoms with Gasteiger partial charge < -0.3 is 4.74 Å². The summed E-state index contributed by atoms with van der Waals surface area (Å²) in [7, 11) is 0. The number of hydrogen-bond donors (Lipinski definition) is 0. The summed E-state index contributed by atoms with van der Waals surface area (Å²) in [6.45, 7) is 2.16. The zero-order valence-corrected chi connectivity index (χ0v) is 19.2. The van der Waals surface area contributed by atoms with Crippen LogP contribution in [-0.2, 0) is 6.42 Å². The molecule has 0 aromatic heterocycles. The minimum absolute atomic E-state index is 0.156. The van der Waals surface area contributed by atoms with Gasteiger partial charge in [0.05, 0.1) is 0 Å². The molecule has 0 heterocycles. The molecule has 0 amide bonds. The lowest BCUT2D eigenvalue weighted by atomic mass is 9.69. The quantitative estimate of drug-likeness (QED) is 0.233. The fraction of sp³-hybridized carbons (Fsp3) is 0.429. The van der Waals surface area contributed by atoms with Gasteiger partial charge in [-0.15, -0.1) is 13.2 Å². The summed E-state index contributed by atoms with van der Waals surface area (Å²) in [4.78, 5) is 0. The molecule has 3 aromatic rings. The van der Waals surface area contributed by atoms with Gasteiger partial charge in [-0.25, -0.2) is 8.78 Å². The first-order valence-electron chi connectivity index (χ1n) is 12.0. The first-order valence-corrected chi connectivity index (χ1v) is 12.0. The van der Waals surface area contributed by atoms with E-state index in [9.17, 15) is 22.0 Å². The first-order chi connectivity index (χ1) is 16.3. The van der Waals surface area contributed by atoms with Crippen molar-refractivity contribution in [2.75, 3.05) is 0 Å². The predicted molar refractivity (Wildman–Crippen MR) is 124 cm³/mol. The maximum atomic E-state index is 14.7. The summed E-state index contributed by atoms with van der Waals surface area (Å²) in [5.41, 5.74) is 2.52. The molecule has 4 rings (SSSR count). The average Bonchev–Trinajstić information content (AvgIpc) is 2.80. The van der Waals surface area contributed by atoms with E-state index in [1.807, 2.05) is 30.3 Å². The standard InChI is InChI=1S/C28H29F5O/c1-2-3-4-5-6-10-19-13-14-22-21-11-8-7-9-18(21)12-15-23(22)26(19)20-16-24(29)27(25(30)17-20)34-28(31,32)33/h7-9,11-12,15-17,19,26H,2-6,10,13-14H2,1H3/t19-,26-/m1/s1. The highest BCUT2D eigenvalue weighted by atomic mass is 19.4. The van der Waals surface area contributed by atoms with E-state index in [4.69, 9.17) is 0 Å². The van der Waals surface area contributed by atoms with Gasteiger partial charge >= 0.3 is 6.36 Å². The second-order valence-electron chi connectivity index (χ2n) is 9.20. The molecule has 0 saturated heterocycles. The highest BCUT2D eigenvalue weighted by Crippen LogP contribution is 2.46. The van der Waals surface area contributed by atoms with Gasteiger partial charge in [-0.05, 0) is 64.8 Å². The van der Waals surface area contributed by atoms with E-state index < -0.39 is 23.7 Å². The molecule has 34 heavy (non-hydrogen) atoms. The van der Waals surface area contributed by atoms with Crippen molar-refractivity contribution in [3.8, 4) is 5.75 Å². The Morgan fingerprint density at radius 3 is 2.32 bits per heavy atom. The van der Waals surface area contributed by atoms with Crippen LogP contribution >= 0.6 is 0 Å². The van der Waals surface area contributed by atoms with Crippen LogP contribution in [0.1, 0.15) is 74.5 Å². The van der Waals surface area contributed by atoms with Crippen LogP contribution in [0.4, 0.5) is 22.0 Å². The zero-order chi connectivity index (χ0) is 24.3.